The summed E-state index contributed by atoms with van der Waals surface area (Å²) in [6, 6.07) is 6.48. The molecule has 0 unspecified atom stereocenters. The maximum Gasteiger partial charge on any atom is 0.219 e. The Morgan fingerprint density at radius 3 is 2.81 bits per heavy atom. The first-order chi connectivity index (χ1) is 12.6. The van der Waals surface area contributed by atoms with Gasteiger partial charge in [-0.1, -0.05) is 6.07 Å². The summed E-state index contributed by atoms with van der Waals surface area (Å²) < 4.78 is 6.83. The van der Waals surface area contributed by atoms with E-state index in [0.29, 0.717) is 0 Å². The third-order valence-electron chi connectivity index (χ3n) is 5.86. The van der Waals surface area contributed by atoms with E-state index in [4.69, 9.17) is 9.72 Å². The Bertz CT molecular complexity index is 797. The lowest BCUT2D eigenvalue weighted by Crippen LogP contribution is -2.54. The van der Waals surface area contributed by atoms with Crippen molar-refractivity contribution in [2.24, 2.45) is 0 Å². The van der Waals surface area contributed by atoms with Crippen LogP contribution in [0.2, 0.25) is 0 Å². The molecule has 1 amide bonds. The average Bonchev–Trinajstić information content (AvgIpc) is 2.93. The van der Waals surface area contributed by atoms with Gasteiger partial charge in [-0.3, -0.25) is 9.69 Å². The minimum atomic E-state index is -0.0104. The van der Waals surface area contributed by atoms with Gasteiger partial charge in [-0.15, -0.1) is 11.3 Å². The molecule has 2 aliphatic rings. The maximum absolute atomic E-state index is 12.3. The van der Waals surface area contributed by atoms with Crippen molar-refractivity contribution >= 4 is 27.5 Å². The fourth-order valence-electron chi connectivity index (χ4n) is 4.36. The number of hydrogen-bond donors (Lipinski definition) is 0. The topological polar surface area (TPSA) is 45.7 Å². The smallest absolute Gasteiger partial charge is 0.219 e. The molecule has 1 spiro atoms. The highest BCUT2D eigenvalue weighted by Crippen LogP contribution is 2.34. The molecule has 4 rings (SSSR count). The summed E-state index contributed by atoms with van der Waals surface area (Å²) in [7, 11) is 0. The predicted molar refractivity (Wildman–Crippen MR) is 104 cm³/mol. The van der Waals surface area contributed by atoms with E-state index in [1.54, 1.807) is 18.3 Å². The zero-order valence-electron chi connectivity index (χ0n) is 15.7. The molecule has 1 aromatic carbocycles. The van der Waals surface area contributed by atoms with Crippen LogP contribution in [0.3, 0.4) is 0 Å². The first-order valence-corrected chi connectivity index (χ1v) is 10.3. The number of rotatable bonds is 2. The fraction of sp³-hybridized carbons (Fsp3) is 0.600. The van der Waals surface area contributed by atoms with E-state index < -0.39 is 0 Å². The number of thiazole rings is 1. The molecular formula is C20H27N3O2S. The summed E-state index contributed by atoms with van der Waals surface area (Å²) in [5, 5.41) is 1.17. The molecule has 2 saturated heterocycles. The number of aryl methyl sites for hydroxylation is 1. The SMILES string of the molecule is CC(=O)N1CCN(Cc2nc3cc(C)ccc3s2)CCC12CCOCC2. The summed E-state index contributed by atoms with van der Waals surface area (Å²) >= 11 is 1.79. The molecule has 0 aliphatic carbocycles. The van der Waals surface area contributed by atoms with Gasteiger partial charge in [0, 0.05) is 45.3 Å². The van der Waals surface area contributed by atoms with Crippen molar-refractivity contribution in [2.45, 2.75) is 45.2 Å². The molecule has 0 saturated carbocycles. The Balaban J connectivity index is 1.50. The lowest BCUT2D eigenvalue weighted by atomic mass is 9.84. The van der Waals surface area contributed by atoms with Crippen molar-refractivity contribution in [1.82, 2.24) is 14.8 Å². The number of aromatic nitrogens is 1. The van der Waals surface area contributed by atoms with Crippen LogP contribution in [0.15, 0.2) is 18.2 Å². The van der Waals surface area contributed by atoms with Crippen LogP contribution in [0.1, 0.15) is 36.8 Å². The molecule has 0 N–H and O–H groups in total. The largest absolute Gasteiger partial charge is 0.381 e. The Hall–Kier alpha value is -1.50. The van der Waals surface area contributed by atoms with Crippen molar-refractivity contribution in [3.63, 3.8) is 0 Å². The number of benzene rings is 1. The average molecular weight is 374 g/mol. The monoisotopic (exact) mass is 373 g/mol. The van der Waals surface area contributed by atoms with Gasteiger partial charge >= 0.3 is 0 Å². The first kappa shape index (κ1) is 17.9. The standard InChI is InChI=1S/C20H27N3O2S/c1-15-3-4-18-17(13-15)21-19(26-18)14-22-8-5-20(6-11-25-12-7-20)23(10-9-22)16(2)24/h3-4,13H,5-12,14H2,1-2H3. The van der Waals surface area contributed by atoms with E-state index in [9.17, 15) is 4.79 Å². The molecule has 2 fully saturated rings. The number of hydrogen-bond acceptors (Lipinski definition) is 5. The summed E-state index contributed by atoms with van der Waals surface area (Å²) in [6.07, 6.45) is 2.95. The van der Waals surface area contributed by atoms with Gasteiger partial charge in [0.25, 0.3) is 0 Å². The van der Waals surface area contributed by atoms with Crippen LogP contribution < -0.4 is 0 Å². The van der Waals surface area contributed by atoms with Crippen LogP contribution >= 0.6 is 11.3 Å². The van der Waals surface area contributed by atoms with Crippen LogP contribution in [0.5, 0.6) is 0 Å². The van der Waals surface area contributed by atoms with Crippen molar-refractivity contribution in [1.29, 1.82) is 0 Å². The highest BCUT2D eigenvalue weighted by atomic mass is 32.1. The lowest BCUT2D eigenvalue weighted by Gasteiger charge is -2.45. The minimum absolute atomic E-state index is 0.0104. The quantitative estimate of drug-likeness (QED) is 0.811. The van der Waals surface area contributed by atoms with E-state index in [-0.39, 0.29) is 11.4 Å². The molecule has 0 bridgehead atoms. The summed E-state index contributed by atoms with van der Waals surface area (Å²) in [4.78, 5) is 21.7. The number of carbonyl (C=O) groups excluding carboxylic acids is 1. The van der Waals surface area contributed by atoms with Crippen molar-refractivity contribution in [3.8, 4) is 0 Å². The molecule has 0 radical (unpaired) electrons. The minimum Gasteiger partial charge on any atom is -0.381 e. The van der Waals surface area contributed by atoms with Gasteiger partial charge in [-0.2, -0.15) is 0 Å². The third kappa shape index (κ3) is 3.50. The number of amides is 1. The Morgan fingerprint density at radius 1 is 1.23 bits per heavy atom. The van der Waals surface area contributed by atoms with Gasteiger partial charge in [0.15, 0.2) is 0 Å². The second kappa shape index (κ2) is 7.25. The highest BCUT2D eigenvalue weighted by Gasteiger charge is 2.41. The van der Waals surface area contributed by atoms with E-state index in [2.05, 4.69) is 34.9 Å². The molecule has 2 aliphatic heterocycles. The molecule has 140 valence electrons. The van der Waals surface area contributed by atoms with Gasteiger partial charge in [-0.25, -0.2) is 4.98 Å². The fourth-order valence-corrected chi connectivity index (χ4v) is 5.35. The number of carbonyl (C=O) groups is 1. The van der Waals surface area contributed by atoms with Crippen LogP contribution in [-0.4, -0.2) is 59.1 Å². The third-order valence-corrected chi connectivity index (χ3v) is 6.88. The first-order valence-electron chi connectivity index (χ1n) is 9.50. The second-order valence-electron chi connectivity index (χ2n) is 7.61. The Morgan fingerprint density at radius 2 is 2.04 bits per heavy atom. The van der Waals surface area contributed by atoms with Crippen molar-refractivity contribution < 1.29 is 9.53 Å². The van der Waals surface area contributed by atoms with Gasteiger partial charge < -0.3 is 9.64 Å². The van der Waals surface area contributed by atoms with Crippen LogP contribution in [-0.2, 0) is 16.1 Å². The van der Waals surface area contributed by atoms with Crippen LogP contribution in [0.25, 0.3) is 10.2 Å². The molecule has 6 heteroatoms. The molecule has 0 atom stereocenters. The van der Waals surface area contributed by atoms with Gasteiger partial charge in [0.1, 0.15) is 5.01 Å². The summed E-state index contributed by atoms with van der Waals surface area (Å²) in [5.41, 5.74) is 2.34. The number of nitrogens with zero attached hydrogens (tertiary/aromatic N) is 3. The molecule has 1 aromatic heterocycles. The molecule has 2 aromatic rings. The molecular weight excluding hydrogens is 346 g/mol. The Labute approximate surface area is 159 Å². The molecule has 5 nitrogen and oxygen atoms in total. The summed E-state index contributed by atoms with van der Waals surface area (Å²) in [6.45, 7) is 8.95. The van der Waals surface area contributed by atoms with Crippen molar-refractivity contribution in [3.05, 3.63) is 28.8 Å². The maximum atomic E-state index is 12.3. The van der Waals surface area contributed by atoms with Crippen LogP contribution in [0.4, 0.5) is 0 Å². The van der Waals surface area contributed by atoms with Gasteiger partial charge in [0.2, 0.25) is 5.91 Å². The van der Waals surface area contributed by atoms with Crippen molar-refractivity contribution in [2.75, 3.05) is 32.8 Å². The number of ether oxygens (including phenoxy) is 1. The van der Waals surface area contributed by atoms with E-state index in [1.807, 2.05) is 0 Å². The lowest BCUT2D eigenvalue weighted by molar-refractivity contribution is -0.139. The van der Waals surface area contributed by atoms with E-state index in [1.165, 1.54) is 15.3 Å². The second-order valence-corrected chi connectivity index (χ2v) is 8.73. The zero-order chi connectivity index (χ0) is 18.1. The normalized spacial score (nSPS) is 21.2. The van der Waals surface area contributed by atoms with Gasteiger partial charge in [0.05, 0.1) is 16.8 Å². The zero-order valence-corrected chi connectivity index (χ0v) is 16.5. The number of fused-ring (bicyclic) bond motifs is 1. The molecule has 26 heavy (non-hydrogen) atoms. The van der Waals surface area contributed by atoms with Crippen LogP contribution in [0, 0.1) is 6.92 Å². The highest BCUT2D eigenvalue weighted by molar-refractivity contribution is 7.18. The van der Waals surface area contributed by atoms with E-state index in [0.717, 1.165) is 64.2 Å². The van der Waals surface area contributed by atoms with E-state index >= 15 is 0 Å². The molecule has 3 heterocycles. The predicted octanol–water partition coefficient (Wildman–Crippen LogP) is 3.21. The summed E-state index contributed by atoms with van der Waals surface area (Å²) in [5.74, 6) is 0.198. The Kier molecular flexibility index (Phi) is 4.99. The van der Waals surface area contributed by atoms with Gasteiger partial charge in [-0.05, 0) is 43.9 Å².